The van der Waals surface area contributed by atoms with Gasteiger partial charge in [-0.25, -0.2) is 8.42 Å². The van der Waals surface area contributed by atoms with Gasteiger partial charge in [-0.3, -0.25) is 14.3 Å². The number of nitrogens with one attached hydrogen (secondary N) is 2. The minimum atomic E-state index is -3.93. The second kappa shape index (κ2) is 9.95. The number of anilines is 1. The van der Waals surface area contributed by atoms with Crippen LogP contribution in [0.5, 0.6) is 0 Å². The number of hydrogen-bond donors (Lipinski definition) is 2. The van der Waals surface area contributed by atoms with Crippen LogP contribution in [0.2, 0.25) is 5.02 Å². The molecule has 7 nitrogen and oxygen atoms in total. The number of rotatable bonds is 8. The van der Waals surface area contributed by atoms with E-state index in [1.54, 1.807) is 17.0 Å². The van der Waals surface area contributed by atoms with E-state index in [9.17, 15) is 18.0 Å². The van der Waals surface area contributed by atoms with Crippen LogP contribution in [0.15, 0.2) is 41.3 Å². The first-order valence-electron chi connectivity index (χ1n) is 9.54. The van der Waals surface area contributed by atoms with Gasteiger partial charge in [0.2, 0.25) is 5.91 Å². The summed E-state index contributed by atoms with van der Waals surface area (Å²) in [4.78, 5) is 26.1. The lowest BCUT2D eigenvalue weighted by Crippen LogP contribution is -2.40. The van der Waals surface area contributed by atoms with Gasteiger partial charge in [0.05, 0.1) is 22.0 Å². The SMILES string of the molecule is CCN(CC)C(=O)CNC(=O)c1cc(S(=O)(=O)Nc2ccc(C)c(C)c2)ccc1Cl. The van der Waals surface area contributed by atoms with Crippen LogP contribution in [0.4, 0.5) is 5.69 Å². The minimum Gasteiger partial charge on any atom is -0.343 e. The Kier molecular flexibility index (Phi) is 7.86. The molecule has 2 aromatic carbocycles. The Morgan fingerprint density at radius 1 is 1.00 bits per heavy atom. The molecule has 0 bridgehead atoms. The molecule has 2 rings (SSSR count). The van der Waals surface area contributed by atoms with E-state index in [4.69, 9.17) is 11.6 Å². The number of benzene rings is 2. The Labute approximate surface area is 182 Å². The summed E-state index contributed by atoms with van der Waals surface area (Å²) in [6.45, 7) is 8.37. The number of carbonyl (C=O) groups is 2. The maximum Gasteiger partial charge on any atom is 0.261 e. The maximum absolute atomic E-state index is 12.8. The summed E-state index contributed by atoms with van der Waals surface area (Å²) in [7, 11) is -3.93. The second-order valence-corrected chi connectivity index (χ2v) is 8.88. The average molecular weight is 452 g/mol. The van der Waals surface area contributed by atoms with Crippen LogP contribution in [0.3, 0.4) is 0 Å². The smallest absolute Gasteiger partial charge is 0.261 e. The molecule has 0 heterocycles. The molecule has 2 N–H and O–H groups in total. The third kappa shape index (κ3) is 5.73. The molecule has 0 aromatic heterocycles. The van der Waals surface area contributed by atoms with Crippen LogP contribution < -0.4 is 10.0 Å². The van der Waals surface area contributed by atoms with Gasteiger partial charge in [0.25, 0.3) is 15.9 Å². The van der Waals surface area contributed by atoms with Crippen LogP contribution in [0, 0.1) is 13.8 Å². The standard InChI is InChI=1S/C21H26ClN3O4S/c1-5-25(6-2)20(26)13-23-21(27)18-12-17(9-10-19(18)22)30(28,29)24-16-8-7-14(3)15(4)11-16/h7-12,24H,5-6,13H2,1-4H3,(H,23,27). The molecular weight excluding hydrogens is 426 g/mol. The molecular formula is C21H26ClN3O4S. The number of amides is 2. The van der Waals surface area contributed by atoms with Crippen LogP contribution >= 0.6 is 11.6 Å². The summed E-state index contributed by atoms with van der Waals surface area (Å²) in [5.41, 5.74) is 2.39. The second-order valence-electron chi connectivity index (χ2n) is 6.79. The first kappa shape index (κ1) is 23.7. The summed E-state index contributed by atoms with van der Waals surface area (Å²) in [5, 5.41) is 2.59. The van der Waals surface area contributed by atoms with E-state index in [-0.39, 0.29) is 27.9 Å². The zero-order valence-corrected chi connectivity index (χ0v) is 19.0. The van der Waals surface area contributed by atoms with Crippen molar-refractivity contribution in [2.45, 2.75) is 32.6 Å². The highest BCUT2D eigenvalue weighted by molar-refractivity contribution is 7.92. The molecule has 2 amide bonds. The van der Waals surface area contributed by atoms with Crippen LogP contribution in [0.25, 0.3) is 0 Å². The highest BCUT2D eigenvalue weighted by atomic mass is 35.5. The number of aryl methyl sites for hydroxylation is 2. The lowest BCUT2D eigenvalue weighted by molar-refractivity contribution is -0.129. The van der Waals surface area contributed by atoms with Gasteiger partial charge in [-0.15, -0.1) is 0 Å². The molecule has 162 valence electrons. The third-order valence-electron chi connectivity index (χ3n) is 4.77. The number of halogens is 1. The summed E-state index contributed by atoms with van der Waals surface area (Å²) < 4.78 is 28.0. The van der Waals surface area contributed by atoms with Gasteiger partial charge < -0.3 is 10.2 Å². The Morgan fingerprint density at radius 3 is 2.27 bits per heavy atom. The van der Waals surface area contributed by atoms with E-state index in [2.05, 4.69) is 10.0 Å². The maximum atomic E-state index is 12.8. The summed E-state index contributed by atoms with van der Waals surface area (Å²) in [6, 6.07) is 9.09. The van der Waals surface area contributed by atoms with Crippen molar-refractivity contribution in [3.8, 4) is 0 Å². The van der Waals surface area contributed by atoms with Gasteiger partial charge in [0, 0.05) is 18.8 Å². The fourth-order valence-corrected chi connectivity index (χ4v) is 4.08. The van der Waals surface area contributed by atoms with Crippen LogP contribution in [-0.2, 0) is 14.8 Å². The Morgan fingerprint density at radius 2 is 1.67 bits per heavy atom. The molecule has 0 radical (unpaired) electrons. The molecule has 30 heavy (non-hydrogen) atoms. The van der Waals surface area contributed by atoms with Gasteiger partial charge in [-0.05, 0) is 69.2 Å². The monoisotopic (exact) mass is 451 g/mol. The van der Waals surface area contributed by atoms with Gasteiger partial charge in [-0.1, -0.05) is 17.7 Å². The number of hydrogen-bond acceptors (Lipinski definition) is 4. The first-order valence-corrected chi connectivity index (χ1v) is 11.4. The van der Waals surface area contributed by atoms with E-state index in [1.807, 2.05) is 33.8 Å². The van der Waals surface area contributed by atoms with Gasteiger partial charge in [-0.2, -0.15) is 0 Å². The van der Waals surface area contributed by atoms with Crippen molar-refractivity contribution in [3.05, 3.63) is 58.1 Å². The number of carbonyl (C=O) groups excluding carboxylic acids is 2. The Balaban J connectivity index is 2.21. The van der Waals surface area contributed by atoms with Gasteiger partial charge >= 0.3 is 0 Å². The molecule has 9 heteroatoms. The normalized spacial score (nSPS) is 11.1. The predicted octanol–water partition coefficient (Wildman–Crippen LogP) is 3.36. The molecule has 0 saturated carbocycles. The number of sulfonamides is 1. The van der Waals surface area contributed by atoms with Crippen LogP contribution in [0.1, 0.15) is 35.3 Å². The highest BCUT2D eigenvalue weighted by Crippen LogP contribution is 2.23. The summed E-state index contributed by atoms with van der Waals surface area (Å²) >= 11 is 6.10. The molecule has 0 aliphatic rings. The predicted molar refractivity (Wildman–Crippen MR) is 118 cm³/mol. The zero-order chi connectivity index (χ0) is 22.5. The zero-order valence-electron chi connectivity index (χ0n) is 17.5. The average Bonchev–Trinajstić information content (AvgIpc) is 2.69. The molecule has 0 spiro atoms. The largest absolute Gasteiger partial charge is 0.343 e. The van der Waals surface area contributed by atoms with E-state index in [1.165, 1.54) is 18.2 Å². The molecule has 0 saturated heterocycles. The topological polar surface area (TPSA) is 95.6 Å². The van der Waals surface area contributed by atoms with Crippen molar-refractivity contribution < 1.29 is 18.0 Å². The number of nitrogens with zero attached hydrogens (tertiary/aromatic N) is 1. The first-order chi connectivity index (χ1) is 14.1. The highest BCUT2D eigenvalue weighted by Gasteiger charge is 2.20. The Bertz CT molecular complexity index is 1050. The summed E-state index contributed by atoms with van der Waals surface area (Å²) in [6.07, 6.45) is 0. The molecule has 0 fully saturated rings. The molecule has 2 aromatic rings. The lowest BCUT2D eigenvalue weighted by Gasteiger charge is -2.18. The lowest BCUT2D eigenvalue weighted by atomic mass is 10.1. The van der Waals surface area contributed by atoms with E-state index in [0.717, 1.165) is 11.1 Å². The van der Waals surface area contributed by atoms with Gasteiger partial charge in [0.15, 0.2) is 0 Å². The van der Waals surface area contributed by atoms with Gasteiger partial charge in [0.1, 0.15) is 0 Å². The van der Waals surface area contributed by atoms with E-state index < -0.39 is 15.9 Å². The van der Waals surface area contributed by atoms with Crippen molar-refractivity contribution in [1.82, 2.24) is 10.2 Å². The quantitative estimate of drug-likeness (QED) is 0.643. The van der Waals surface area contributed by atoms with Crippen molar-refractivity contribution >= 4 is 39.1 Å². The third-order valence-corrected chi connectivity index (χ3v) is 6.48. The molecule has 0 aliphatic heterocycles. The van der Waals surface area contributed by atoms with Crippen LogP contribution in [-0.4, -0.2) is 44.8 Å². The fraction of sp³-hybridized carbons (Fsp3) is 0.333. The Hall–Kier alpha value is -2.58. The van der Waals surface area contributed by atoms with Crippen molar-refractivity contribution in [1.29, 1.82) is 0 Å². The molecule has 0 unspecified atom stereocenters. The fourth-order valence-electron chi connectivity index (χ4n) is 2.80. The molecule has 0 atom stereocenters. The summed E-state index contributed by atoms with van der Waals surface area (Å²) in [5.74, 6) is -0.853. The molecule has 0 aliphatic carbocycles. The number of likely N-dealkylation sites (N-methyl/N-ethyl adjacent to an activating group) is 1. The van der Waals surface area contributed by atoms with Crippen molar-refractivity contribution in [2.75, 3.05) is 24.4 Å². The van der Waals surface area contributed by atoms with E-state index >= 15 is 0 Å². The van der Waals surface area contributed by atoms with Crippen molar-refractivity contribution in [3.63, 3.8) is 0 Å². The van der Waals surface area contributed by atoms with Crippen molar-refractivity contribution in [2.24, 2.45) is 0 Å². The van der Waals surface area contributed by atoms with E-state index in [0.29, 0.717) is 18.8 Å². The minimum absolute atomic E-state index is 0.0213.